The molecule has 0 aliphatic rings. The molecule has 74 valence electrons. The van der Waals surface area contributed by atoms with Gasteiger partial charge in [-0.25, -0.2) is 0 Å². The van der Waals surface area contributed by atoms with Gasteiger partial charge in [0.25, 0.3) is 0 Å². The van der Waals surface area contributed by atoms with Crippen LogP contribution in [0.15, 0.2) is 24.3 Å². The van der Waals surface area contributed by atoms with Crippen molar-refractivity contribution >= 4 is 11.6 Å². The molecule has 0 radical (unpaired) electrons. The second-order valence-corrected chi connectivity index (χ2v) is 2.72. The van der Waals surface area contributed by atoms with E-state index in [0.29, 0.717) is 0 Å². The van der Waals surface area contributed by atoms with E-state index in [1.54, 1.807) is 0 Å². The van der Waals surface area contributed by atoms with E-state index in [1.165, 1.54) is 24.3 Å². The summed E-state index contributed by atoms with van der Waals surface area (Å²) in [7, 11) is 0. The van der Waals surface area contributed by atoms with Crippen molar-refractivity contribution < 1.29 is 61.2 Å². The van der Waals surface area contributed by atoms with Gasteiger partial charge in [0.2, 0.25) is 0 Å². The minimum absolute atomic E-state index is 0. The number of hydrogen-bond donors (Lipinski definition) is 0. The molecule has 0 fully saturated rings. The van der Waals surface area contributed by atoms with Crippen molar-refractivity contribution in [1.29, 1.82) is 0 Å². The monoisotopic (exact) mass is 254 g/mol. The zero-order valence-electron chi connectivity index (χ0n) is 7.71. The smallest absolute Gasteiger partial charge is 0.265 e. The van der Waals surface area contributed by atoms with Crippen LogP contribution in [-0.4, -0.2) is 9.85 Å². The first kappa shape index (κ1) is 14.8. The predicted octanol–water partition coefficient (Wildman–Crippen LogP) is -1.27. The summed E-state index contributed by atoms with van der Waals surface area (Å²) in [6.45, 7) is 0. The van der Waals surface area contributed by atoms with Crippen LogP contribution in [-0.2, 0) is 0 Å². The molecule has 1 aromatic carbocycles. The Hall–Kier alpha value is -0.184. The Bertz CT molecular complexity index is 373. The molecule has 0 bridgehead atoms. The summed E-state index contributed by atoms with van der Waals surface area (Å²) in [5.74, 6) is 0. The van der Waals surface area contributed by atoms with Gasteiger partial charge in [-0.3, -0.25) is 20.2 Å². The summed E-state index contributed by atoms with van der Waals surface area (Å²) in [6, 6.07) is 5.55. The van der Waals surface area contributed by atoms with Gasteiger partial charge in [0.15, 0.2) is 0 Å². The third kappa shape index (κ3) is 3.71. The van der Waals surface area contributed by atoms with Crippen LogP contribution in [0.4, 0.5) is 0 Å². The van der Waals surface area contributed by atoms with Gasteiger partial charge in [-0.1, -0.05) is 6.07 Å². The molecule has 0 saturated carbocycles. The Morgan fingerprint density at radius 1 is 1.13 bits per heavy atom. The van der Waals surface area contributed by atoms with Gasteiger partial charge in [-0.2, -0.15) is 11.6 Å². The van der Waals surface area contributed by atoms with E-state index in [9.17, 15) is 20.2 Å². The maximum atomic E-state index is 10.4. The Morgan fingerprint density at radius 2 is 1.60 bits per heavy atom. The van der Waals surface area contributed by atoms with E-state index in [0.717, 1.165) is 0 Å². The van der Waals surface area contributed by atoms with Crippen molar-refractivity contribution in [2.24, 2.45) is 0 Å². The quantitative estimate of drug-likeness (QED) is 0.291. The second-order valence-electron chi connectivity index (χ2n) is 2.32. The zero-order valence-corrected chi connectivity index (χ0v) is 11.6. The molecule has 1 rings (SSSR count). The topological polar surface area (TPSA) is 86.3 Å². The molecule has 0 atom stereocenters. The molecule has 1 aromatic rings. The van der Waals surface area contributed by atoms with Crippen LogP contribution in [0.2, 0.25) is 5.02 Å². The summed E-state index contributed by atoms with van der Waals surface area (Å²) >= 11 is 5.58. The van der Waals surface area contributed by atoms with Gasteiger partial charge < -0.3 is 0 Å². The molecule has 0 spiro atoms. The first-order valence-electron chi connectivity index (χ1n) is 3.44. The maximum Gasteiger partial charge on any atom is 1.00 e. The fourth-order valence-corrected chi connectivity index (χ4v) is 1.13. The number of nitro groups is 2. The van der Waals surface area contributed by atoms with Crippen molar-refractivity contribution in [3.05, 3.63) is 61.2 Å². The van der Waals surface area contributed by atoms with Crippen LogP contribution < -0.4 is 51.4 Å². The molecule has 0 N–H and O–H groups in total. The molecule has 0 heterocycles. The SMILES string of the molecule is O=[N+]([O-])[C-](c1ccccc1Cl)[N+](=O)[O-].[K+]. The fourth-order valence-electron chi connectivity index (χ4n) is 0.906. The van der Waals surface area contributed by atoms with Gasteiger partial charge in [-0.05, 0) is 10.6 Å². The van der Waals surface area contributed by atoms with Crippen molar-refractivity contribution in [3.8, 4) is 0 Å². The Balaban J connectivity index is 0.00000196. The molecule has 8 heteroatoms. The van der Waals surface area contributed by atoms with Crippen LogP contribution in [0.3, 0.4) is 0 Å². The normalized spacial score (nSPS) is 8.87. The minimum atomic E-state index is -1.12. The third-order valence-electron chi connectivity index (χ3n) is 1.46. The van der Waals surface area contributed by atoms with E-state index in [2.05, 4.69) is 0 Å². The van der Waals surface area contributed by atoms with Crippen LogP contribution in [0.1, 0.15) is 5.56 Å². The number of benzene rings is 1. The van der Waals surface area contributed by atoms with Crippen LogP contribution >= 0.6 is 11.6 Å². The van der Waals surface area contributed by atoms with E-state index in [1.807, 2.05) is 0 Å². The standard InChI is InChI=1S/C7H4ClN2O4.K/c8-6-4-2-1-3-5(6)7(9(11)12)10(13)14;/h1-4H;/q-1;+1. The van der Waals surface area contributed by atoms with Crippen molar-refractivity contribution in [1.82, 2.24) is 0 Å². The molecule has 0 unspecified atom stereocenters. The Morgan fingerprint density at radius 3 is 2.00 bits per heavy atom. The molecule has 0 amide bonds. The van der Waals surface area contributed by atoms with E-state index >= 15 is 0 Å². The van der Waals surface area contributed by atoms with Crippen LogP contribution in [0.25, 0.3) is 0 Å². The van der Waals surface area contributed by atoms with E-state index < -0.39 is 16.0 Å². The fraction of sp³-hybridized carbons (Fsp3) is 0. The summed E-state index contributed by atoms with van der Waals surface area (Å²) in [5.41, 5.74) is -0.191. The van der Waals surface area contributed by atoms with Gasteiger partial charge in [0.05, 0.1) is 9.85 Å². The first-order valence-corrected chi connectivity index (χ1v) is 3.82. The average molecular weight is 255 g/mol. The van der Waals surface area contributed by atoms with Crippen molar-refractivity contribution in [2.45, 2.75) is 0 Å². The van der Waals surface area contributed by atoms with Gasteiger partial charge in [-0.15, -0.1) is 18.2 Å². The predicted molar refractivity (Wildman–Crippen MR) is 47.8 cm³/mol. The molecule has 15 heavy (non-hydrogen) atoms. The molecule has 0 aliphatic carbocycles. The third-order valence-corrected chi connectivity index (χ3v) is 1.79. The number of hydrogen-bond acceptors (Lipinski definition) is 4. The summed E-state index contributed by atoms with van der Waals surface area (Å²) in [4.78, 5) is 18.6. The number of nitrogens with zero attached hydrogens (tertiary/aromatic N) is 2. The van der Waals surface area contributed by atoms with E-state index in [-0.39, 0.29) is 62.0 Å². The average Bonchev–Trinajstić information content (AvgIpc) is 2.07. The summed E-state index contributed by atoms with van der Waals surface area (Å²) in [6.07, 6.45) is -1.12. The van der Waals surface area contributed by atoms with Crippen LogP contribution in [0.5, 0.6) is 0 Å². The van der Waals surface area contributed by atoms with Crippen molar-refractivity contribution in [2.75, 3.05) is 0 Å². The van der Waals surface area contributed by atoms with Gasteiger partial charge >= 0.3 is 57.6 Å². The van der Waals surface area contributed by atoms with Crippen LogP contribution in [0, 0.1) is 26.4 Å². The Labute approximate surface area is 132 Å². The summed E-state index contributed by atoms with van der Waals surface area (Å²) < 4.78 is 0. The second kappa shape index (κ2) is 6.41. The maximum absolute atomic E-state index is 10.4. The molecular weight excluding hydrogens is 251 g/mol. The minimum Gasteiger partial charge on any atom is -0.265 e. The zero-order chi connectivity index (χ0) is 10.7. The molecule has 0 aliphatic heterocycles. The van der Waals surface area contributed by atoms with Crippen molar-refractivity contribution in [3.63, 3.8) is 0 Å². The van der Waals surface area contributed by atoms with Gasteiger partial charge in [0.1, 0.15) is 0 Å². The molecule has 0 aromatic heterocycles. The largest absolute Gasteiger partial charge is 1.00 e. The molecular formula is C7H4ClKN2O4. The molecule has 0 saturated heterocycles. The molecule has 6 nitrogen and oxygen atoms in total. The van der Waals surface area contributed by atoms with E-state index in [4.69, 9.17) is 11.6 Å². The first-order chi connectivity index (χ1) is 6.54. The summed E-state index contributed by atoms with van der Waals surface area (Å²) in [5, 5.41) is 20.7. The number of halogens is 1. The Kier molecular flexibility index (Phi) is 6.33. The van der Waals surface area contributed by atoms with Gasteiger partial charge in [0, 0.05) is 0 Å². The number of rotatable bonds is 3.